The van der Waals surface area contributed by atoms with Crippen LogP contribution in [0.2, 0.25) is 0 Å². The minimum atomic E-state index is -0.669. The first kappa shape index (κ1) is 11.5. The van der Waals surface area contributed by atoms with Crippen LogP contribution in [0.3, 0.4) is 0 Å². The van der Waals surface area contributed by atoms with Gasteiger partial charge < -0.3 is 15.2 Å². The van der Waals surface area contributed by atoms with Crippen molar-refractivity contribution in [3.05, 3.63) is 0 Å². The molecule has 0 heterocycles. The van der Waals surface area contributed by atoms with Crippen LogP contribution in [-0.2, 0) is 14.3 Å². The first-order valence-electron chi connectivity index (χ1n) is 4.91. The molecule has 1 aliphatic rings. The molecule has 4 nitrogen and oxygen atoms in total. The summed E-state index contributed by atoms with van der Waals surface area (Å²) in [6.07, 6.45) is 2.18. The predicted molar refractivity (Wildman–Crippen MR) is 52.8 cm³/mol. The molecular formula is C10H19NO3. The Balaban J connectivity index is 2.18. The van der Waals surface area contributed by atoms with Crippen LogP contribution in [-0.4, -0.2) is 30.8 Å². The summed E-state index contributed by atoms with van der Waals surface area (Å²) in [6, 6.07) is 0. The van der Waals surface area contributed by atoms with Gasteiger partial charge in [-0.2, -0.15) is 0 Å². The number of hydrogen-bond acceptors (Lipinski definition) is 4. The van der Waals surface area contributed by atoms with E-state index in [9.17, 15) is 4.79 Å². The highest BCUT2D eigenvalue weighted by molar-refractivity contribution is 5.83. The Hall–Kier alpha value is -0.610. The van der Waals surface area contributed by atoms with E-state index in [-0.39, 0.29) is 11.6 Å². The highest BCUT2D eigenvalue weighted by Gasteiger charge is 2.47. The van der Waals surface area contributed by atoms with Crippen molar-refractivity contribution in [3.63, 3.8) is 0 Å². The lowest BCUT2D eigenvalue weighted by atomic mass is 10.1. The van der Waals surface area contributed by atoms with Crippen LogP contribution < -0.4 is 5.73 Å². The van der Waals surface area contributed by atoms with Gasteiger partial charge in [-0.15, -0.1) is 0 Å². The maximum atomic E-state index is 11.3. The highest BCUT2D eigenvalue weighted by atomic mass is 16.5. The summed E-state index contributed by atoms with van der Waals surface area (Å²) in [4.78, 5) is 11.3. The molecule has 2 N–H and O–H groups in total. The third-order valence-corrected chi connectivity index (χ3v) is 2.69. The molecule has 0 aromatic rings. The zero-order valence-electron chi connectivity index (χ0n) is 9.13. The highest BCUT2D eigenvalue weighted by Crippen LogP contribution is 2.33. The molecule has 0 saturated heterocycles. The molecule has 4 heteroatoms. The number of carbonyl (C=O) groups is 1. The molecule has 0 spiro atoms. The average Bonchev–Trinajstić information content (AvgIpc) is 2.85. The normalized spacial score (nSPS) is 19.1. The van der Waals surface area contributed by atoms with E-state index in [2.05, 4.69) is 0 Å². The Morgan fingerprint density at radius 1 is 1.50 bits per heavy atom. The maximum absolute atomic E-state index is 11.3. The second-order valence-corrected chi connectivity index (χ2v) is 4.51. The fraction of sp³-hybridized carbons (Fsp3) is 0.900. The van der Waals surface area contributed by atoms with E-state index < -0.39 is 5.54 Å². The lowest BCUT2D eigenvalue weighted by Crippen LogP contribution is -2.35. The molecule has 0 atom stereocenters. The number of hydrogen-bond donors (Lipinski definition) is 1. The minimum Gasteiger partial charge on any atom is -0.464 e. The van der Waals surface area contributed by atoms with Crippen LogP contribution in [0.15, 0.2) is 0 Å². The molecule has 0 aliphatic heterocycles. The number of esters is 1. The molecule has 1 aliphatic carbocycles. The Bertz CT molecular complexity index is 221. The van der Waals surface area contributed by atoms with Crippen molar-refractivity contribution in [3.8, 4) is 0 Å². The maximum Gasteiger partial charge on any atom is 0.326 e. The quantitative estimate of drug-likeness (QED) is 0.669. The summed E-state index contributed by atoms with van der Waals surface area (Å²) >= 11 is 0. The van der Waals surface area contributed by atoms with Crippen molar-refractivity contribution in [2.75, 3.05) is 13.7 Å². The number of ether oxygens (including phenoxy) is 2. The first-order valence-corrected chi connectivity index (χ1v) is 4.91. The summed E-state index contributed by atoms with van der Waals surface area (Å²) in [5, 5.41) is 0. The second-order valence-electron chi connectivity index (χ2n) is 4.51. The number of rotatable bonds is 5. The predicted octanol–water partition coefficient (Wildman–Crippen LogP) is 0.836. The SMILES string of the molecule is COC(C)(C)CCOC(=O)C1(N)CC1. The smallest absolute Gasteiger partial charge is 0.326 e. The van der Waals surface area contributed by atoms with Gasteiger partial charge in [-0.1, -0.05) is 0 Å². The number of methoxy groups -OCH3 is 1. The lowest BCUT2D eigenvalue weighted by Gasteiger charge is -2.22. The summed E-state index contributed by atoms with van der Waals surface area (Å²) in [5.41, 5.74) is 4.75. The summed E-state index contributed by atoms with van der Waals surface area (Å²) in [6.45, 7) is 4.28. The van der Waals surface area contributed by atoms with Crippen LogP contribution in [0.25, 0.3) is 0 Å². The van der Waals surface area contributed by atoms with E-state index in [1.165, 1.54) is 0 Å². The van der Waals surface area contributed by atoms with Gasteiger partial charge >= 0.3 is 5.97 Å². The molecule has 0 amide bonds. The van der Waals surface area contributed by atoms with E-state index in [0.29, 0.717) is 13.0 Å². The number of nitrogens with two attached hydrogens (primary N) is 1. The molecule has 0 aromatic carbocycles. The summed E-state index contributed by atoms with van der Waals surface area (Å²) in [5.74, 6) is -0.274. The Morgan fingerprint density at radius 3 is 2.50 bits per heavy atom. The summed E-state index contributed by atoms with van der Waals surface area (Å²) < 4.78 is 10.3. The molecular weight excluding hydrogens is 182 g/mol. The molecule has 0 unspecified atom stereocenters. The zero-order chi connectivity index (χ0) is 10.8. The van der Waals surface area contributed by atoms with Gasteiger partial charge in [0.05, 0.1) is 12.2 Å². The minimum absolute atomic E-state index is 0.244. The van der Waals surface area contributed by atoms with Crippen molar-refractivity contribution in [1.29, 1.82) is 0 Å². The van der Waals surface area contributed by atoms with E-state index in [0.717, 1.165) is 12.8 Å². The molecule has 0 bridgehead atoms. The van der Waals surface area contributed by atoms with Gasteiger partial charge in [0.15, 0.2) is 0 Å². The monoisotopic (exact) mass is 201 g/mol. The standard InChI is InChI=1S/C10H19NO3/c1-9(2,13-3)6-7-14-8(12)10(11)4-5-10/h4-7,11H2,1-3H3. The Kier molecular flexibility index (Phi) is 3.17. The molecule has 82 valence electrons. The van der Waals surface area contributed by atoms with Gasteiger partial charge in [0.2, 0.25) is 0 Å². The van der Waals surface area contributed by atoms with E-state index in [4.69, 9.17) is 15.2 Å². The summed E-state index contributed by atoms with van der Waals surface area (Å²) in [7, 11) is 1.65. The van der Waals surface area contributed by atoms with Crippen molar-refractivity contribution in [1.82, 2.24) is 0 Å². The van der Waals surface area contributed by atoms with E-state index >= 15 is 0 Å². The fourth-order valence-electron chi connectivity index (χ4n) is 0.974. The average molecular weight is 201 g/mol. The van der Waals surface area contributed by atoms with Crippen LogP contribution in [0.5, 0.6) is 0 Å². The Morgan fingerprint density at radius 2 is 2.07 bits per heavy atom. The molecule has 1 fully saturated rings. The molecule has 0 aromatic heterocycles. The van der Waals surface area contributed by atoms with E-state index in [1.54, 1.807) is 7.11 Å². The van der Waals surface area contributed by atoms with Gasteiger partial charge in [-0.05, 0) is 26.7 Å². The second kappa shape index (κ2) is 3.87. The van der Waals surface area contributed by atoms with Crippen molar-refractivity contribution in [2.24, 2.45) is 5.73 Å². The lowest BCUT2D eigenvalue weighted by molar-refractivity contribution is -0.147. The van der Waals surface area contributed by atoms with Crippen molar-refractivity contribution < 1.29 is 14.3 Å². The molecule has 1 saturated carbocycles. The van der Waals surface area contributed by atoms with Gasteiger partial charge in [0.1, 0.15) is 5.54 Å². The zero-order valence-corrected chi connectivity index (χ0v) is 9.13. The van der Waals surface area contributed by atoms with E-state index in [1.807, 2.05) is 13.8 Å². The third-order valence-electron chi connectivity index (χ3n) is 2.69. The van der Waals surface area contributed by atoms with Crippen LogP contribution in [0, 0.1) is 0 Å². The first-order chi connectivity index (χ1) is 6.40. The molecule has 0 radical (unpaired) electrons. The molecule has 14 heavy (non-hydrogen) atoms. The van der Waals surface area contributed by atoms with Crippen molar-refractivity contribution in [2.45, 2.75) is 44.2 Å². The number of carbonyl (C=O) groups excluding carboxylic acids is 1. The van der Waals surface area contributed by atoms with Gasteiger partial charge in [0, 0.05) is 13.5 Å². The van der Waals surface area contributed by atoms with Gasteiger partial charge in [-0.3, -0.25) is 4.79 Å². The topological polar surface area (TPSA) is 61.5 Å². The largest absolute Gasteiger partial charge is 0.464 e. The van der Waals surface area contributed by atoms with Gasteiger partial charge in [-0.25, -0.2) is 0 Å². The van der Waals surface area contributed by atoms with Crippen LogP contribution in [0.1, 0.15) is 33.1 Å². The molecule has 1 rings (SSSR count). The van der Waals surface area contributed by atoms with Crippen molar-refractivity contribution >= 4 is 5.97 Å². The van der Waals surface area contributed by atoms with Gasteiger partial charge in [0.25, 0.3) is 0 Å². The van der Waals surface area contributed by atoms with Crippen LogP contribution in [0.4, 0.5) is 0 Å². The third kappa shape index (κ3) is 2.96. The Labute approximate surface area is 84.7 Å². The van der Waals surface area contributed by atoms with Crippen LogP contribution >= 0.6 is 0 Å². The fourth-order valence-corrected chi connectivity index (χ4v) is 0.974.